The standard InChI is InChI=1S/C39H53N2O3/c1-8-12-20-40(21-13-9-2)34-26-36-32(24-28(34)5)38(30-18-16-17-19-31(30)39(42)43-7)33-25-29(6)35(27-37(33)44-36)41(22-14-10-3)23-15-11-4/h16-19,24-27H,8-15,20-23H2,1-7H3/q+1. The molecule has 0 saturated carbocycles. The van der Waals surface area contributed by atoms with Crippen molar-refractivity contribution in [3.8, 4) is 22.5 Å². The Balaban J connectivity index is 2.10. The van der Waals surface area contributed by atoms with E-state index in [4.69, 9.17) is 9.15 Å². The van der Waals surface area contributed by atoms with Crippen molar-refractivity contribution in [2.75, 3.05) is 38.2 Å². The van der Waals surface area contributed by atoms with Crippen LogP contribution in [0.3, 0.4) is 0 Å². The first-order valence-electron chi connectivity index (χ1n) is 16.9. The fourth-order valence-electron chi connectivity index (χ4n) is 6.24. The topological polar surface area (TPSA) is 45.7 Å². The van der Waals surface area contributed by atoms with E-state index in [-0.39, 0.29) is 5.97 Å². The number of esters is 1. The Morgan fingerprint density at radius 1 is 0.795 bits per heavy atom. The second kappa shape index (κ2) is 15.9. The average Bonchev–Trinajstić information content (AvgIpc) is 3.03. The van der Waals surface area contributed by atoms with Crippen LogP contribution in [0.1, 0.15) is 101 Å². The first-order valence-corrected chi connectivity index (χ1v) is 16.9. The van der Waals surface area contributed by atoms with E-state index < -0.39 is 0 Å². The SMILES string of the molecule is CCCCN(CCCC)c1cc2oc3cc(=[N+](CCCC)CCCC)c(C)cc-3c(-c3ccccc3C(=O)OC)c2cc1C. The molecule has 0 saturated heterocycles. The smallest absolute Gasteiger partial charge is 0.338 e. The Bertz CT molecular complexity index is 1580. The summed E-state index contributed by atoms with van der Waals surface area (Å²) in [6.07, 6.45) is 9.26. The number of carbonyl (C=O) groups is 1. The summed E-state index contributed by atoms with van der Waals surface area (Å²) < 4.78 is 14.6. The predicted molar refractivity (Wildman–Crippen MR) is 186 cm³/mol. The number of methoxy groups -OCH3 is 1. The van der Waals surface area contributed by atoms with E-state index in [1.165, 1.54) is 29.3 Å². The molecule has 2 aliphatic rings. The van der Waals surface area contributed by atoms with Gasteiger partial charge in [0.1, 0.15) is 24.4 Å². The highest BCUT2D eigenvalue weighted by Gasteiger charge is 2.25. The molecule has 44 heavy (non-hydrogen) atoms. The van der Waals surface area contributed by atoms with Crippen LogP contribution in [0, 0.1) is 13.8 Å². The molecule has 0 fully saturated rings. The summed E-state index contributed by atoms with van der Waals surface area (Å²) >= 11 is 0. The van der Waals surface area contributed by atoms with Gasteiger partial charge in [-0.25, -0.2) is 9.37 Å². The Morgan fingerprint density at radius 3 is 2.05 bits per heavy atom. The zero-order valence-electron chi connectivity index (χ0n) is 28.2. The summed E-state index contributed by atoms with van der Waals surface area (Å²) in [5.74, 6) is 0.509. The summed E-state index contributed by atoms with van der Waals surface area (Å²) in [6, 6.07) is 16.8. The molecular weight excluding hydrogens is 544 g/mol. The lowest BCUT2D eigenvalue weighted by Crippen LogP contribution is -2.33. The van der Waals surface area contributed by atoms with E-state index in [2.05, 4.69) is 75.3 Å². The van der Waals surface area contributed by atoms with Gasteiger partial charge in [0.05, 0.1) is 18.7 Å². The summed E-state index contributed by atoms with van der Waals surface area (Å²) in [7, 11) is 1.45. The van der Waals surface area contributed by atoms with Crippen LogP contribution in [-0.4, -0.2) is 39.3 Å². The summed E-state index contributed by atoms with van der Waals surface area (Å²) in [4.78, 5) is 15.6. The quantitative estimate of drug-likeness (QED) is 0.0778. The number of anilines is 1. The van der Waals surface area contributed by atoms with Crippen molar-refractivity contribution < 1.29 is 13.9 Å². The normalized spacial score (nSPS) is 11.3. The van der Waals surface area contributed by atoms with E-state index >= 15 is 0 Å². The van der Waals surface area contributed by atoms with E-state index in [9.17, 15) is 4.79 Å². The Labute approximate surface area is 264 Å². The van der Waals surface area contributed by atoms with Gasteiger partial charge < -0.3 is 14.1 Å². The molecule has 0 amide bonds. The Kier molecular flexibility index (Phi) is 12.1. The molecule has 5 nitrogen and oxygen atoms in total. The van der Waals surface area contributed by atoms with Crippen LogP contribution in [0.4, 0.5) is 5.69 Å². The van der Waals surface area contributed by atoms with Crippen molar-refractivity contribution >= 4 is 22.6 Å². The molecule has 0 spiro atoms. The highest BCUT2D eigenvalue weighted by molar-refractivity contribution is 6.08. The van der Waals surface area contributed by atoms with Gasteiger partial charge in [-0.15, -0.1) is 0 Å². The zero-order valence-corrected chi connectivity index (χ0v) is 28.2. The number of hydrogen-bond acceptors (Lipinski definition) is 4. The van der Waals surface area contributed by atoms with Crippen LogP contribution >= 0.6 is 0 Å². The Morgan fingerprint density at radius 2 is 1.43 bits per heavy atom. The fraction of sp³-hybridized carbons (Fsp3) is 0.487. The molecule has 0 N–H and O–H groups in total. The maximum absolute atomic E-state index is 13.0. The van der Waals surface area contributed by atoms with Crippen molar-refractivity contribution in [3.63, 3.8) is 0 Å². The summed E-state index contributed by atoms with van der Waals surface area (Å²) in [5.41, 5.74) is 7.98. The number of aryl methyl sites for hydroxylation is 2. The third-order valence-electron chi connectivity index (χ3n) is 8.76. The van der Waals surface area contributed by atoms with E-state index in [0.717, 1.165) is 111 Å². The third-order valence-corrected chi connectivity index (χ3v) is 8.76. The van der Waals surface area contributed by atoms with Crippen molar-refractivity contribution in [1.29, 1.82) is 0 Å². The molecule has 2 aromatic carbocycles. The van der Waals surface area contributed by atoms with Crippen LogP contribution in [-0.2, 0) is 4.74 Å². The molecule has 5 heteroatoms. The number of fused-ring (bicyclic) bond motifs is 2. The summed E-state index contributed by atoms with van der Waals surface area (Å²) in [6.45, 7) is 17.5. The van der Waals surface area contributed by atoms with E-state index in [0.29, 0.717) is 5.56 Å². The van der Waals surface area contributed by atoms with Gasteiger partial charge in [-0.05, 0) is 56.0 Å². The minimum atomic E-state index is -0.333. The van der Waals surface area contributed by atoms with Crippen LogP contribution < -0.4 is 14.8 Å². The van der Waals surface area contributed by atoms with Gasteiger partial charge in [0.2, 0.25) is 5.36 Å². The number of hydrogen-bond donors (Lipinski definition) is 0. The fourth-order valence-corrected chi connectivity index (χ4v) is 6.24. The van der Waals surface area contributed by atoms with Gasteiger partial charge in [-0.2, -0.15) is 0 Å². The maximum atomic E-state index is 13.0. The van der Waals surface area contributed by atoms with Gasteiger partial charge in [0, 0.05) is 59.8 Å². The number of nitrogens with zero attached hydrogens (tertiary/aromatic N) is 2. The van der Waals surface area contributed by atoms with Crippen molar-refractivity contribution in [2.45, 2.75) is 92.9 Å². The third kappa shape index (κ3) is 7.36. The van der Waals surface area contributed by atoms with Gasteiger partial charge >= 0.3 is 5.97 Å². The van der Waals surface area contributed by atoms with Crippen LogP contribution in [0.2, 0.25) is 0 Å². The number of unbranched alkanes of at least 4 members (excludes halogenated alkanes) is 4. The van der Waals surface area contributed by atoms with Crippen LogP contribution in [0.5, 0.6) is 0 Å². The van der Waals surface area contributed by atoms with Gasteiger partial charge in [0.15, 0.2) is 0 Å². The van der Waals surface area contributed by atoms with Crippen LogP contribution in [0.15, 0.2) is 52.9 Å². The molecular formula is C39H53N2O3+. The van der Waals surface area contributed by atoms with Crippen LogP contribution in [0.25, 0.3) is 33.4 Å². The lowest BCUT2D eigenvalue weighted by Gasteiger charge is -2.27. The molecule has 1 aliphatic heterocycles. The molecule has 0 radical (unpaired) electrons. The van der Waals surface area contributed by atoms with Crippen molar-refractivity contribution in [1.82, 2.24) is 4.58 Å². The molecule has 2 aromatic rings. The Hall–Kier alpha value is -3.60. The van der Waals surface area contributed by atoms with Gasteiger partial charge in [-0.1, -0.05) is 71.6 Å². The largest absolute Gasteiger partial charge is 0.465 e. The minimum Gasteiger partial charge on any atom is -0.465 e. The highest BCUT2D eigenvalue weighted by atomic mass is 16.5. The summed E-state index contributed by atoms with van der Waals surface area (Å²) in [5, 5.41) is 2.25. The van der Waals surface area contributed by atoms with Gasteiger partial charge in [-0.3, -0.25) is 0 Å². The first kappa shape index (κ1) is 33.3. The maximum Gasteiger partial charge on any atom is 0.338 e. The number of ether oxygens (including phenoxy) is 1. The van der Waals surface area contributed by atoms with E-state index in [1.54, 1.807) is 0 Å². The molecule has 0 atom stereocenters. The van der Waals surface area contributed by atoms with Gasteiger partial charge in [0.25, 0.3) is 0 Å². The molecule has 1 heterocycles. The monoisotopic (exact) mass is 597 g/mol. The average molecular weight is 598 g/mol. The number of rotatable bonds is 15. The second-order valence-corrected chi connectivity index (χ2v) is 12.2. The van der Waals surface area contributed by atoms with Crippen molar-refractivity contribution in [2.24, 2.45) is 0 Å². The molecule has 0 unspecified atom stereocenters. The number of benzene rings is 3. The molecule has 4 rings (SSSR count). The molecule has 0 aromatic heterocycles. The predicted octanol–water partition coefficient (Wildman–Crippen LogP) is 9.39. The minimum absolute atomic E-state index is 0.333. The number of carbonyl (C=O) groups excluding carboxylic acids is 1. The lowest BCUT2D eigenvalue weighted by atomic mass is 9.89. The highest BCUT2D eigenvalue weighted by Crippen LogP contribution is 2.43. The molecule has 1 aliphatic carbocycles. The van der Waals surface area contributed by atoms with Crippen molar-refractivity contribution in [3.05, 3.63) is 70.6 Å². The first-order chi connectivity index (χ1) is 21.4. The molecule has 0 bridgehead atoms. The lowest BCUT2D eigenvalue weighted by molar-refractivity contribution is 0.0601. The second-order valence-electron chi connectivity index (χ2n) is 12.2. The molecule has 236 valence electrons. The van der Waals surface area contributed by atoms with E-state index in [1.807, 2.05) is 24.3 Å². The zero-order chi connectivity index (χ0) is 31.6.